The van der Waals surface area contributed by atoms with E-state index in [0.29, 0.717) is 13.0 Å². The van der Waals surface area contributed by atoms with E-state index in [1.54, 1.807) is 6.20 Å². The Labute approximate surface area is 182 Å². The fourth-order valence-electron chi connectivity index (χ4n) is 4.88. The van der Waals surface area contributed by atoms with E-state index in [4.69, 9.17) is 9.72 Å². The topological polar surface area (TPSA) is 81.2 Å². The first-order valence-electron chi connectivity index (χ1n) is 10.5. The Morgan fingerprint density at radius 2 is 1.90 bits per heavy atom. The minimum Gasteiger partial charge on any atom is -0.487 e. The lowest BCUT2D eigenvalue weighted by Crippen LogP contribution is -2.35. The second kappa shape index (κ2) is 7.73. The third kappa shape index (κ3) is 4.34. The van der Waals surface area contributed by atoms with E-state index >= 15 is 0 Å². The highest BCUT2D eigenvalue weighted by Gasteiger charge is 2.44. The van der Waals surface area contributed by atoms with E-state index in [0.717, 1.165) is 47.7 Å². The summed E-state index contributed by atoms with van der Waals surface area (Å²) in [5, 5.41) is 0. The number of aromatic nitrogens is 2. The highest BCUT2D eigenvalue weighted by atomic mass is 32.2. The maximum Gasteiger partial charge on any atom is 0.208 e. The van der Waals surface area contributed by atoms with Crippen LogP contribution in [0.1, 0.15) is 36.3 Å². The van der Waals surface area contributed by atoms with Gasteiger partial charge in [0.25, 0.3) is 0 Å². The second-order valence-electron chi connectivity index (χ2n) is 8.68. The fraction of sp³-hybridized carbons (Fsp3) is 0.333. The summed E-state index contributed by atoms with van der Waals surface area (Å²) in [5.41, 5.74) is 3.92. The van der Waals surface area contributed by atoms with Gasteiger partial charge in [-0.2, -0.15) is 0 Å². The van der Waals surface area contributed by atoms with E-state index in [1.165, 1.54) is 11.8 Å². The van der Waals surface area contributed by atoms with Crippen LogP contribution in [0, 0.1) is 0 Å². The summed E-state index contributed by atoms with van der Waals surface area (Å²) in [6.07, 6.45) is 6.01. The number of nitrogens with one attached hydrogen (secondary N) is 1. The molecule has 5 rings (SSSR count). The van der Waals surface area contributed by atoms with Crippen LogP contribution >= 0.6 is 0 Å². The van der Waals surface area contributed by atoms with Crippen molar-refractivity contribution in [2.24, 2.45) is 0 Å². The predicted molar refractivity (Wildman–Crippen MR) is 119 cm³/mol. The minimum absolute atomic E-state index is 0.118. The smallest absolute Gasteiger partial charge is 0.208 e. The molecular weight excluding hydrogens is 410 g/mol. The van der Waals surface area contributed by atoms with Gasteiger partial charge in [-0.3, -0.25) is 0 Å². The molecule has 1 aliphatic heterocycles. The van der Waals surface area contributed by atoms with Gasteiger partial charge in [0.05, 0.1) is 11.9 Å². The van der Waals surface area contributed by atoms with Crippen molar-refractivity contribution in [2.45, 2.75) is 43.7 Å². The molecular formula is C24H25N3O3S. The molecule has 1 aromatic heterocycles. The fourth-order valence-corrected chi connectivity index (χ4v) is 5.69. The van der Waals surface area contributed by atoms with Gasteiger partial charge in [0.15, 0.2) is 0 Å². The molecule has 160 valence electrons. The normalized spacial score (nSPS) is 22.8. The van der Waals surface area contributed by atoms with Crippen molar-refractivity contribution in [2.75, 3.05) is 6.26 Å². The first-order chi connectivity index (χ1) is 14.9. The molecule has 2 aromatic carbocycles. The predicted octanol–water partition coefficient (Wildman–Crippen LogP) is 3.62. The number of fused-ring (bicyclic) bond motifs is 8. The van der Waals surface area contributed by atoms with Crippen molar-refractivity contribution < 1.29 is 13.2 Å². The van der Waals surface area contributed by atoms with Crippen LogP contribution in [-0.4, -0.2) is 30.7 Å². The zero-order chi connectivity index (χ0) is 21.5. The van der Waals surface area contributed by atoms with E-state index in [1.807, 2.05) is 18.2 Å². The van der Waals surface area contributed by atoms with Gasteiger partial charge in [0.1, 0.15) is 18.2 Å². The molecule has 7 heteroatoms. The Balaban J connectivity index is 1.60. The van der Waals surface area contributed by atoms with Crippen molar-refractivity contribution in [3.05, 3.63) is 77.9 Å². The highest BCUT2D eigenvalue weighted by molar-refractivity contribution is 7.88. The van der Waals surface area contributed by atoms with Crippen molar-refractivity contribution in [3.8, 4) is 16.9 Å². The van der Waals surface area contributed by atoms with Gasteiger partial charge in [0.2, 0.25) is 10.0 Å². The lowest BCUT2D eigenvalue weighted by atomic mass is 9.78. The van der Waals surface area contributed by atoms with Crippen molar-refractivity contribution in [1.82, 2.24) is 14.7 Å². The molecule has 1 aliphatic carbocycles. The number of benzene rings is 2. The zero-order valence-electron chi connectivity index (χ0n) is 17.4. The van der Waals surface area contributed by atoms with Gasteiger partial charge in [-0.05, 0) is 60.6 Å². The maximum atomic E-state index is 11.9. The molecule has 6 nitrogen and oxygen atoms in total. The Hall–Kier alpha value is -2.77. The lowest BCUT2D eigenvalue weighted by molar-refractivity contribution is 0.298. The molecule has 2 atom stereocenters. The molecule has 1 fully saturated rings. The maximum absolute atomic E-state index is 11.9. The number of nitrogens with zero attached hydrogens (tertiary/aromatic N) is 2. The molecule has 0 amide bonds. The molecule has 0 saturated heterocycles. The molecule has 1 N–H and O–H groups in total. The molecule has 1 saturated carbocycles. The molecule has 0 radical (unpaired) electrons. The summed E-state index contributed by atoms with van der Waals surface area (Å²) in [7, 11) is -3.27. The van der Waals surface area contributed by atoms with Crippen LogP contribution in [0.5, 0.6) is 5.75 Å². The first-order valence-corrected chi connectivity index (χ1v) is 12.4. The summed E-state index contributed by atoms with van der Waals surface area (Å²) in [6.45, 7) is 0.359. The summed E-state index contributed by atoms with van der Waals surface area (Å²) in [6, 6.07) is 18.4. The third-order valence-corrected chi connectivity index (χ3v) is 6.96. The van der Waals surface area contributed by atoms with E-state index < -0.39 is 10.0 Å². The van der Waals surface area contributed by atoms with E-state index in [9.17, 15) is 8.42 Å². The van der Waals surface area contributed by atoms with Crippen LogP contribution in [0.3, 0.4) is 0 Å². The molecule has 2 aliphatic rings. The van der Waals surface area contributed by atoms with E-state index in [2.05, 4.69) is 46.1 Å². The van der Waals surface area contributed by atoms with Gasteiger partial charge in [0, 0.05) is 17.7 Å². The quantitative estimate of drug-likeness (QED) is 0.665. The molecule has 2 heterocycles. The number of hydrogen-bond acceptors (Lipinski definition) is 5. The SMILES string of the molecule is CS(=O)(=O)N[C@H]1CC[C@@]2(Cc3cccc(c3)-c3cccc(c3)OCc3ccnc2n3)C1. The van der Waals surface area contributed by atoms with Crippen LogP contribution in [0.15, 0.2) is 60.8 Å². The average molecular weight is 436 g/mol. The van der Waals surface area contributed by atoms with Gasteiger partial charge >= 0.3 is 0 Å². The number of hydrogen-bond donors (Lipinski definition) is 1. The van der Waals surface area contributed by atoms with Gasteiger partial charge in [-0.25, -0.2) is 23.1 Å². The zero-order valence-corrected chi connectivity index (χ0v) is 18.2. The molecule has 6 bridgehead atoms. The monoisotopic (exact) mass is 435 g/mol. The van der Waals surface area contributed by atoms with Crippen LogP contribution in [0.2, 0.25) is 0 Å². The molecule has 0 unspecified atom stereocenters. The van der Waals surface area contributed by atoms with Gasteiger partial charge < -0.3 is 4.74 Å². The standard InChI is InChI=1S/C24H25N3O3S/c1-31(28,29)27-20-8-10-24(15-20)14-17-4-2-5-18(12-17)19-6-3-7-22(13-19)30-16-21-9-11-25-23(24)26-21/h2-7,9,11-13,20,27H,8,10,14-16H2,1H3/t20-,24+/m0/s1. The Bertz CT molecular complexity index is 1230. The van der Waals surface area contributed by atoms with Crippen LogP contribution in [0.25, 0.3) is 11.1 Å². The first kappa shape index (κ1) is 20.2. The third-order valence-electron chi connectivity index (χ3n) is 6.20. The second-order valence-corrected chi connectivity index (χ2v) is 10.5. The van der Waals surface area contributed by atoms with Crippen molar-refractivity contribution in [1.29, 1.82) is 0 Å². The summed E-state index contributed by atoms with van der Waals surface area (Å²) < 4.78 is 32.5. The highest BCUT2D eigenvalue weighted by Crippen LogP contribution is 2.43. The van der Waals surface area contributed by atoms with Gasteiger partial charge in [-0.15, -0.1) is 0 Å². The van der Waals surface area contributed by atoms with Crippen LogP contribution in [-0.2, 0) is 28.5 Å². The molecule has 1 spiro atoms. The van der Waals surface area contributed by atoms with Crippen LogP contribution in [0.4, 0.5) is 0 Å². The minimum atomic E-state index is -3.27. The Morgan fingerprint density at radius 3 is 2.74 bits per heavy atom. The Morgan fingerprint density at radius 1 is 1.10 bits per heavy atom. The summed E-state index contributed by atoms with van der Waals surface area (Å²) in [5.74, 6) is 1.57. The van der Waals surface area contributed by atoms with Gasteiger partial charge in [-0.1, -0.05) is 36.4 Å². The summed E-state index contributed by atoms with van der Waals surface area (Å²) in [4.78, 5) is 9.52. The van der Waals surface area contributed by atoms with Crippen molar-refractivity contribution >= 4 is 10.0 Å². The number of sulfonamides is 1. The van der Waals surface area contributed by atoms with E-state index in [-0.39, 0.29) is 11.5 Å². The lowest BCUT2D eigenvalue weighted by Gasteiger charge is -2.28. The largest absolute Gasteiger partial charge is 0.487 e. The number of ether oxygens (including phenoxy) is 1. The summed E-state index contributed by atoms with van der Waals surface area (Å²) >= 11 is 0. The average Bonchev–Trinajstić information content (AvgIpc) is 3.14. The number of rotatable bonds is 2. The Kier molecular flexibility index (Phi) is 5.02. The van der Waals surface area contributed by atoms with Crippen molar-refractivity contribution in [3.63, 3.8) is 0 Å². The molecule has 3 aromatic rings. The molecule has 31 heavy (non-hydrogen) atoms. The van der Waals surface area contributed by atoms with Crippen LogP contribution < -0.4 is 9.46 Å².